The molecule has 1 amide bonds. The summed E-state index contributed by atoms with van der Waals surface area (Å²) in [6.45, 7) is 0. The first-order chi connectivity index (χ1) is 15.7. The van der Waals surface area contributed by atoms with Gasteiger partial charge in [0.25, 0.3) is 0 Å². The van der Waals surface area contributed by atoms with E-state index in [0.717, 1.165) is 21.9 Å². The van der Waals surface area contributed by atoms with Crippen LogP contribution in [0.3, 0.4) is 0 Å². The van der Waals surface area contributed by atoms with Crippen LogP contribution in [0.4, 0.5) is 46.6 Å². The summed E-state index contributed by atoms with van der Waals surface area (Å²) >= 11 is 5.58. The van der Waals surface area contributed by atoms with Gasteiger partial charge in [0.15, 0.2) is 5.82 Å². The first-order valence-electron chi connectivity index (χ1n) is 10.1. The Hall–Kier alpha value is -2.63. The molecule has 2 fully saturated rings. The van der Waals surface area contributed by atoms with Crippen LogP contribution in [0.5, 0.6) is 0 Å². The number of carbonyl (C=O) groups excluding carboxylic acids is 1. The molecule has 13 heteroatoms. The highest BCUT2D eigenvalue weighted by molar-refractivity contribution is 6.31. The fourth-order valence-corrected chi connectivity index (χ4v) is 4.84. The van der Waals surface area contributed by atoms with Crippen LogP contribution in [0.1, 0.15) is 30.5 Å². The van der Waals surface area contributed by atoms with Crippen molar-refractivity contribution >= 4 is 29.0 Å². The van der Waals surface area contributed by atoms with E-state index in [1.165, 1.54) is 7.05 Å². The second kappa shape index (κ2) is 8.24. The van der Waals surface area contributed by atoms with Gasteiger partial charge < -0.3 is 9.80 Å². The predicted molar refractivity (Wildman–Crippen MR) is 106 cm³/mol. The molecule has 1 aromatic carbocycles. The Morgan fingerprint density at radius 2 is 1.76 bits per heavy atom. The van der Waals surface area contributed by atoms with Crippen molar-refractivity contribution in [2.24, 2.45) is 5.92 Å². The van der Waals surface area contributed by atoms with Gasteiger partial charge in [-0.05, 0) is 49.4 Å². The Kier molecular flexibility index (Phi) is 5.94. The summed E-state index contributed by atoms with van der Waals surface area (Å²) < 4.78 is 108. The molecule has 0 spiro atoms. The molecule has 0 radical (unpaired) electrons. The average molecular weight is 514 g/mol. The normalized spacial score (nSPS) is 22.4. The van der Waals surface area contributed by atoms with Crippen LogP contribution in [-0.4, -0.2) is 30.0 Å². The van der Waals surface area contributed by atoms with Gasteiger partial charge >= 0.3 is 12.4 Å². The summed E-state index contributed by atoms with van der Waals surface area (Å²) in [6.07, 6.45) is -8.95. The SMILES string of the molecule is CN(C(=O)[C@@H]1[C@H]2CC[C@H](C2)N1c1cc(C(F)(F)F)cc(C(F)(F)F)n1)c1ccc(F)c(Cl)c1F. The molecule has 2 heterocycles. The maximum atomic E-state index is 14.5. The number of alkyl halides is 6. The van der Waals surface area contributed by atoms with E-state index < -0.39 is 70.0 Å². The number of anilines is 2. The highest BCUT2D eigenvalue weighted by Gasteiger charge is 2.52. The molecule has 3 atom stereocenters. The molecule has 1 saturated heterocycles. The molecule has 2 bridgehead atoms. The van der Waals surface area contributed by atoms with Crippen molar-refractivity contribution in [1.82, 2.24) is 4.98 Å². The summed E-state index contributed by atoms with van der Waals surface area (Å²) in [4.78, 5) is 18.7. The molecule has 34 heavy (non-hydrogen) atoms. The number of piperidine rings is 1. The molecule has 4 nitrogen and oxygen atoms in total. The summed E-state index contributed by atoms with van der Waals surface area (Å²) in [5.41, 5.74) is -3.67. The van der Waals surface area contributed by atoms with E-state index in [0.29, 0.717) is 25.3 Å². The Bertz CT molecular complexity index is 1100. The molecular weight excluding hydrogens is 498 g/mol. The number of pyridine rings is 1. The number of likely N-dealkylation sites (N-methyl/N-ethyl adjacent to an activating group) is 1. The smallest absolute Gasteiger partial charge is 0.341 e. The lowest BCUT2D eigenvalue weighted by Crippen LogP contribution is -2.51. The van der Waals surface area contributed by atoms with E-state index in [1.54, 1.807) is 0 Å². The number of amides is 1. The van der Waals surface area contributed by atoms with Crippen molar-refractivity contribution in [1.29, 1.82) is 0 Å². The van der Waals surface area contributed by atoms with Gasteiger partial charge in [-0.15, -0.1) is 0 Å². The molecule has 0 N–H and O–H groups in total. The molecule has 1 aromatic heterocycles. The summed E-state index contributed by atoms with van der Waals surface area (Å²) in [5.74, 6) is -4.10. The van der Waals surface area contributed by atoms with Crippen molar-refractivity contribution in [3.8, 4) is 0 Å². The zero-order valence-electron chi connectivity index (χ0n) is 17.3. The lowest BCUT2D eigenvalue weighted by Gasteiger charge is -2.37. The number of halogens is 9. The molecule has 1 saturated carbocycles. The van der Waals surface area contributed by atoms with Gasteiger partial charge in [0.1, 0.15) is 28.4 Å². The van der Waals surface area contributed by atoms with E-state index in [-0.39, 0.29) is 11.8 Å². The molecule has 4 rings (SSSR count). The van der Waals surface area contributed by atoms with E-state index in [9.17, 15) is 39.9 Å². The number of carbonyl (C=O) groups is 1. The first-order valence-corrected chi connectivity index (χ1v) is 10.4. The number of aromatic nitrogens is 1. The van der Waals surface area contributed by atoms with Crippen LogP contribution < -0.4 is 9.80 Å². The second-order valence-corrected chi connectivity index (χ2v) is 8.64. The van der Waals surface area contributed by atoms with Crippen LogP contribution in [0.15, 0.2) is 24.3 Å². The molecule has 184 valence electrons. The molecule has 2 aromatic rings. The highest BCUT2D eigenvalue weighted by Crippen LogP contribution is 2.47. The topological polar surface area (TPSA) is 36.4 Å². The quantitative estimate of drug-likeness (QED) is 0.369. The minimum atomic E-state index is -5.15. The van der Waals surface area contributed by atoms with E-state index in [1.807, 2.05) is 0 Å². The molecule has 1 aliphatic heterocycles. The maximum absolute atomic E-state index is 14.5. The number of benzene rings is 1. The van der Waals surface area contributed by atoms with Gasteiger partial charge in [-0.3, -0.25) is 4.79 Å². The molecule has 2 aliphatic rings. The number of hydrogen-bond acceptors (Lipinski definition) is 3. The van der Waals surface area contributed by atoms with E-state index >= 15 is 0 Å². The average Bonchev–Trinajstić information content (AvgIpc) is 3.37. The van der Waals surface area contributed by atoms with Crippen molar-refractivity contribution in [3.05, 3.63) is 52.2 Å². The van der Waals surface area contributed by atoms with Gasteiger partial charge in [0.2, 0.25) is 5.91 Å². The Morgan fingerprint density at radius 3 is 2.38 bits per heavy atom. The largest absolute Gasteiger partial charge is 0.433 e. The third-order valence-electron chi connectivity index (χ3n) is 6.24. The number of hydrogen-bond donors (Lipinski definition) is 0. The van der Waals surface area contributed by atoms with Crippen molar-refractivity contribution in [2.45, 2.75) is 43.7 Å². The molecule has 1 aliphatic carbocycles. The first kappa shape index (κ1) is 24.5. The minimum Gasteiger partial charge on any atom is -0.341 e. The van der Waals surface area contributed by atoms with Crippen molar-refractivity contribution in [3.63, 3.8) is 0 Å². The third-order valence-corrected chi connectivity index (χ3v) is 6.59. The van der Waals surface area contributed by atoms with E-state index in [2.05, 4.69) is 4.98 Å². The van der Waals surface area contributed by atoms with Gasteiger partial charge in [0, 0.05) is 13.1 Å². The zero-order chi connectivity index (χ0) is 25.2. The Balaban J connectivity index is 1.77. The Labute approximate surface area is 193 Å². The number of nitrogens with zero attached hydrogens (tertiary/aromatic N) is 3. The minimum absolute atomic E-state index is 0.0866. The Morgan fingerprint density at radius 1 is 1.09 bits per heavy atom. The lowest BCUT2D eigenvalue weighted by molar-refractivity contribution is -0.145. The van der Waals surface area contributed by atoms with Crippen LogP contribution in [0.2, 0.25) is 5.02 Å². The molecule has 0 unspecified atom stereocenters. The van der Waals surface area contributed by atoms with Crippen LogP contribution in [-0.2, 0) is 17.1 Å². The molecular formula is C21H16ClF8N3O. The predicted octanol–water partition coefficient (Wildman–Crippen LogP) is 6.07. The van der Waals surface area contributed by atoms with Gasteiger partial charge in [0.05, 0.1) is 11.3 Å². The van der Waals surface area contributed by atoms with Crippen LogP contribution in [0, 0.1) is 17.6 Å². The summed E-state index contributed by atoms with van der Waals surface area (Å²) in [6, 6.07) is 0.487. The number of rotatable bonds is 3. The standard InChI is InChI=1S/C21H16ClF8N3O/c1-32(13-5-4-12(23)16(22)17(13)24)19(34)18-9-2-3-11(6-9)33(18)15-8-10(20(25,26)27)7-14(31-15)21(28,29)30/h4-5,7-9,11,18H,2-3,6H2,1H3/t9-,11+,18-/m0/s1. The number of fused-ring (bicyclic) bond motifs is 2. The van der Waals surface area contributed by atoms with E-state index in [4.69, 9.17) is 11.6 Å². The van der Waals surface area contributed by atoms with Crippen LogP contribution in [0.25, 0.3) is 0 Å². The zero-order valence-corrected chi connectivity index (χ0v) is 18.1. The van der Waals surface area contributed by atoms with Crippen LogP contribution >= 0.6 is 11.6 Å². The van der Waals surface area contributed by atoms with Crippen molar-refractivity contribution in [2.75, 3.05) is 16.8 Å². The summed E-state index contributed by atoms with van der Waals surface area (Å²) in [5, 5.41) is -0.851. The summed E-state index contributed by atoms with van der Waals surface area (Å²) in [7, 11) is 1.17. The van der Waals surface area contributed by atoms with Gasteiger partial charge in [-0.1, -0.05) is 11.6 Å². The maximum Gasteiger partial charge on any atom is 0.433 e. The van der Waals surface area contributed by atoms with Gasteiger partial charge in [-0.2, -0.15) is 26.3 Å². The lowest BCUT2D eigenvalue weighted by atomic mass is 9.97. The fraction of sp³-hybridized carbons (Fsp3) is 0.429. The monoisotopic (exact) mass is 513 g/mol. The third kappa shape index (κ3) is 4.16. The highest BCUT2D eigenvalue weighted by atomic mass is 35.5. The second-order valence-electron chi connectivity index (χ2n) is 8.27. The van der Waals surface area contributed by atoms with Crippen molar-refractivity contribution < 1.29 is 39.9 Å². The fourth-order valence-electron chi connectivity index (χ4n) is 4.68. The van der Waals surface area contributed by atoms with Gasteiger partial charge in [-0.25, -0.2) is 13.8 Å².